The molecule has 0 bridgehead atoms. The van der Waals surface area contributed by atoms with Crippen molar-refractivity contribution >= 4 is 11.3 Å². The largest absolute Gasteiger partial charge is 0.481 e. The van der Waals surface area contributed by atoms with E-state index in [4.69, 9.17) is 10.5 Å². The van der Waals surface area contributed by atoms with Gasteiger partial charge < -0.3 is 10.5 Å². The summed E-state index contributed by atoms with van der Waals surface area (Å²) < 4.78 is 5.02. The van der Waals surface area contributed by atoms with E-state index in [0.29, 0.717) is 5.88 Å². The van der Waals surface area contributed by atoms with Crippen LogP contribution in [0.25, 0.3) is 0 Å². The maximum atomic E-state index is 6.16. The molecule has 0 radical (unpaired) electrons. The van der Waals surface area contributed by atoms with Gasteiger partial charge in [-0.15, -0.1) is 11.3 Å². The zero-order chi connectivity index (χ0) is 12.3. The van der Waals surface area contributed by atoms with Gasteiger partial charge in [0, 0.05) is 28.1 Å². The molecule has 3 nitrogen and oxygen atoms in total. The minimum atomic E-state index is 0.0453. The number of methoxy groups -OCH3 is 1. The first kappa shape index (κ1) is 12.1. The van der Waals surface area contributed by atoms with Gasteiger partial charge in [-0.25, -0.2) is 4.98 Å². The molecule has 0 aliphatic carbocycles. The topological polar surface area (TPSA) is 48.1 Å². The summed E-state index contributed by atoms with van der Waals surface area (Å²) >= 11 is 1.75. The molecular weight excluding hydrogens is 232 g/mol. The molecule has 0 aliphatic heterocycles. The van der Waals surface area contributed by atoms with Gasteiger partial charge in [0.1, 0.15) is 0 Å². The number of hydrogen-bond acceptors (Lipinski definition) is 4. The van der Waals surface area contributed by atoms with Gasteiger partial charge in [0.15, 0.2) is 0 Å². The fourth-order valence-corrected chi connectivity index (χ4v) is 2.54. The third-order valence-corrected chi connectivity index (χ3v) is 3.72. The Kier molecular flexibility index (Phi) is 3.76. The van der Waals surface area contributed by atoms with Gasteiger partial charge in [0.25, 0.3) is 0 Å². The summed E-state index contributed by atoms with van der Waals surface area (Å²) in [4.78, 5) is 6.69. The molecule has 17 heavy (non-hydrogen) atoms. The van der Waals surface area contributed by atoms with Gasteiger partial charge >= 0.3 is 0 Å². The van der Waals surface area contributed by atoms with E-state index in [2.05, 4.69) is 24.0 Å². The zero-order valence-electron chi connectivity index (χ0n) is 10.0. The molecule has 2 aromatic heterocycles. The smallest absolute Gasteiger partial charge is 0.212 e. The van der Waals surface area contributed by atoms with Crippen molar-refractivity contribution in [2.75, 3.05) is 7.11 Å². The maximum absolute atomic E-state index is 6.16. The van der Waals surface area contributed by atoms with Gasteiger partial charge in [0.2, 0.25) is 5.88 Å². The highest BCUT2D eigenvalue weighted by Gasteiger charge is 2.09. The Morgan fingerprint density at radius 1 is 1.35 bits per heavy atom. The number of aromatic nitrogens is 1. The molecule has 0 amide bonds. The van der Waals surface area contributed by atoms with Gasteiger partial charge in [-0.3, -0.25) is 0 Å². The third-order valence-electron chi connectivity index (χ3n) is 2.59. The molecule has 2 heterocycles. The van der Waals surface area contributed by atoms with E-state index in [1.165, 1.54) is 9.75 Å². The van der Waals surface area contributed by atoms with Crippen LogP contribution in [0.4, 0.5) is 0 Å². The molecule has 2 N–H and O–H groups in total. The summed E-state index contributed by atoms with van der Waals surface area (Å²) in [5.74, 6) is 0.634. The Bertz CT molecular complexity index is 478. The van der Waals surface area contributed by atoms with Crippen LogP contribution >= 0.6 is 11.3 Å². The molecule has 0 spiro atoms. The van der Waals surface area contributed by atoms with Crippen LogP contribution in [-0.4, -0.2) is 12.1 Å². The lowest BCUT2D eigenvalue weighted by molar-refractivity contribution is 0.397. The van der Waals surface area contributed by atoms with E-state index in [0.717, 1.165) is 12.0 Å². The second kappa shape index (κ2) is 5.29. The molecule has 2 rings (SSSR count). The summed E-state index contributed by atoms with van der Waals surface area (Å²) in [5, 5.41) is 0. The van der Waals surface area contributed by atoms with Gasteiger partial charge in [-0.2, -0.15) is 0 Å². The fourth-order valence-electron chi connectivity index (χ4n) is 1.66. The first-order valence-electron chi connectivity index (χ1n) is 5.50. The van der Waals surface area contributed by atoms with Crippen molar-refractivity contribution in [2.24, 2.45) is 5.73 Å². The Morgan fingerprint density at radius 3 is 2.71 bits per heavy atom. The molecule has 1 atom stereocenters. The maximum Gasteiger partial charge on any atom is 0.212 e. The molecule has 2 aromatic rings. The van der Waals surface area contributed by atoms with Gasteiger partial charge in [-0.05, 0) is 31.0 Å². The van der Waals surface area contributed by atoms with Crippen LogP contribution < -0.4 is 10.5 Å². The van der Waals surface area contributed by atoms with Crippen molar-refractivity contribution in [1.29, 1.82) is 0 Å². The summed E-state index contributed by atoms with van der Waals surface area (Å²) in [6, 6.07) is 8.12. The highest BCUT2D eigenvalue weighted by atomic mass is 32.1. The third kappa shape index (κ3) is 3.05. The van der Waals surface area contributed by atoms with E-state index < -0.39 is 0 Å². The van der Waals surface area contributed by atoms with Crippen molar-refractivity contribution < 1.29 is 4.74 Å². The quantitative estimate of drug-likeness (QED) is 0.905. The predicted molar refractivity (Wildman–Crippen MR) is 70.5 cm³/mol. The van der Waals surface area contributed by atoms with E-state index in [1.54, 1.807) is 18.4 Å². The molecule has 0 aromatic carbocycles. The lowest BCUT2D eigenvalue weighted by Gasteiger charge is -2.09. The first-order chi connectivity index (χ1) is 8.19. The van der Waals surface area contributed by atoms with Crippen molar-refractivity contribution in [1.82, 2.24) is 4.98 Å². The van der Waals surface area contributed by atoms with E-state index >= 15 is 0 Å². The highest BCUT2D eigenvalue weighted by molar-refractivity contribution is 7.12. The van der Waals surface area contributed by atoms with E-state index in [1.807, 2.05) is 18.3 Å². The van der Waals surface area contributed by atoms with Crippen molar-refractivity contribution in [2.45, 2.75) is 19.4 Å². The number of aryl methyl sites for hydroxylation is 1. The van der Waals surface area contributed by atoms with Crippen LogP contribution in [0.3, 0.4) is 0 Å². The molecule has 1 unspecified atom stereocenters. The number of nitrogens with zero attached hydrogens (tertiary/aromatic N) is 1. The monoisotopic (exact) mass is 248 g/mol. The zero-order valence-corrected chi connectivity index (χ0v) is 10.8. The average Bonchev–Trinajstić information content (AvgIpc) is 2.77. The average molecular weight is 248 g/mol. The number of hydrogen-bond donors (Lipinski definition) is 1. The van der Waals surface area contributed by atoms with Crippen LogP contribution in [0.2, 0.25) is 0 Å². The molecule has 4 heteroatoms. The predicted octanol–water partition coefficient (Wildman–Crippen LogP) is 2.70. The molecule has 0 fully saturated rings. The normalized spacial score (nSPS) is 12.4. The van der Waals surface area contributed by atoms with E-state index in [-0.39, 0.29) is 6.04 Å². The minimum absolute atomic E-state index is 0.0453. The summed E-state index contributed by atoms with van der Waals surface area (Å²) in [5.41, 5.74) is 7.29. The molecule has 0 saturated heterocycles. The van der Waals surface area contributed by atoms with Crippen LogP contribution in [0.15, 0.2) is 30.5 Å². The molecule has 90 valence electrons. The fraction of sp³-hybridized carbons (Fsp3) is 0.308. The number of pyridine rings is 1. The molecular formula is C13H16N2OS. The number of thiophene rings is 1. The Balaban J connectivity index is 2.04. The first-order valence-corrected chi connectivity index (χ1v) is 6.31. The van der Waals surface area contributed by atoms with Gasteiger partial charge in [0.05, 0.1) is 7.11 Å². The summed E-state index contributed by atoms with van der Waals surface area (Å²) in [6.07, 6.45) is 2.62. The standard InChI is InChI=1S/C13H16N2OS/c1-9-3-5-12(17-9)11(14)7-10-4-6-13(16-2)15-8-10/h3-6,8,11H,7,14H2,1-2H3. The minimum Gasteiger partial charge on any atom is -0.481 e. The number of rotatable bonds is 4. The molecule has 0 saturated carbocycles. The second-order valence-corrected chi connectivity index (χ2v) is 5.29. The Hall–Kier alpha value is -1.39. The summed E-state index contributed by atoms with van der Waals surface area (Å²) in [6.45, 7) is 2.09. The van der Waals surface area contributed by atoms with E-state index in [9.17, 15) is 0 Å². The SMILES string of the molecule is COc1ccc(CC(N)c2ccc(C)s2)cn1. The Labute approximate surface area is 105 Å². The van der Waals surface area contributed by atoms with Crippen LogP contribution in [0.5, 0.6) is 5.88 Å². The lowest BCUT2D eigenvalue weighted by Crippen LogP contribution is -2.11. The van der Waals surface area contributed by atoms with Crippen LogP contribution in [-0.2, 0) is 6.42 Å². The van der Waals surface area contributed by atoms with Crippen molar-refractivity contribution in [3.05, 3.63) is 45.8 Å². The lowest BCUT2D eigenvalue weighted by atomic mass is 10.1. The Morgan fingerprint density at radius 2 is 2.18 bits per heavy atom. The number of ether oxygens (including phenoxy) is 1. The highest BCUT2D eigenvalue weighted by Crippen LogP contribution is 2.23. The number of nitrogens with two attached hydrogens (primary N) is 1. The van der Waals surface area contributed by atoms with Crippen LogP contribution in [0.1, 0.15) is 21.4 Å². The van der Waals surface area contributed by atoms with Crippen LogP contribution in [0, 0.1) is 6.92 Å². The summed E-state index contributed by atoms with van der Waals surface area (Å²) in [7, 11) is 1.61. The van der Waals surface area contributed by atoms with Crippen molar-refractivity contribution in [3.8, 4) is 5.88 Å². The van der Waals surface area contributed by atoms with Crippen molar-refractivity contribution in [3.63, 3.8) is 0 Å². The van der Waals surface area contributed by atoms with Gasteiger partial charge in [-0.1, -0.05) is 6.07 Å². The molecule has 0 aliphatic rings. The second-order valence-electron chi connectivity index (χ2n) is 3.97.